The average Bonchev–Trinajstić information content (AvgIpc) is 2.67. The van der Waals surface area contributed by atoms with Crippen LogP contribution < -0.4 is 0 Å². The lowest BCUT2D eigenvalue weighted by Crippen LogP contribution is -1.99. The van der Waals surface area contributed by atoms with Crippen molar-refractivity contribution in [2.75, 3.05) is 7.11 Å². The van der Waals surface area contributed by atoms with E-state index in [1.165, 1.54) is 38.4 Å². The Bertz CT molecular complexity index is 544. The summed E-state index contributed by atoms with van der Waals surface area (Å²) in [7, 11) is 1.44. The second kappa shape index (κ2) is 20.8. The van der Waals surface area contributed by atoms with Gasteiger partial charge in [0.1, 0.15) is 0 Å². The van der Waals surface area contributed by atoms with Crippen LogP contribution in [0.15, 0.2) is 47.0 Å². The fourth-order valence-electron chi connectivity index (χ4n) is 2.44. The number of carbonyl (C=O) groups excluding carboxylic acids is 1. The number of hydrogen-bond donors (Lipinski definition) is 0. The lowest BCUT2D eigenvalue weighted by atomic mass is 10.1. The molecule has 0 fully saturated rings. The first kappa shape index (κ1) is 25.5. The Morgan fingerprint density at radius 1 is 0.926 bits per heavy atom. The van der Waals surface area contributed by atoms with Gasteiger partial charge in [0.05, 0.1) is 7.11 Å². The minimum absolute atomic E-state index is 0.102. The first-order valence-electron chi connectivity index (χ1n) is 10.00. The number of hydrogen-bond acceptors (Lipinski definition) is 2. The molecule has 0 unspecified atom stereocenters. The van der Waals surface area contributed by atoms with E-state index in [-0.39, 0.29) is 5.97 Å². The van der Waals surface area contributed by atoms with Gasteiger partial charge >= 0.3 is 5.97 Å². The summed E-state index contributed by atoms with van der Waals surface area (Å²) in [5.41, 5.74) is 1.37. The Labute approximate surface area is 175 Å². The highest BCUT2D eigenvalue weighted by atomic mass is 79.9. The Kier molecular flexibility index (Phi) is 19.6. The number of rotatable bonds is 14. The van der Waals surface area contributed by atoms with E-state index < -0.39 is 0 Å². The van der Waals surface area contributed by atoms with Crippen molar-refractivity contribution in [1.82, 2.24) is 0 Å². The van der Waals surface area contributed by atoms with Gasteiger partial charge < -0.3 is 4.74 Å². The van der Waals surface area contributed by atoms with Gasteiger partial charge in [0.2, 0.25) is 0 Å². The van der Waals surface area contributed by atoms with Crippen LogP contribution in [-0.4, -0.2) is 13.1 Å². The van der Waals surface area contributed by atoms with E-state index in [2.05, 4.69) is 57.7 Å². The number of ether oxygens (including phenoxy) is 1. The quantitative estimate of drug-likeness (QED) is 0.123. The monoisotopic (exact) mass is 434 g/mol. The molecule has 0 aromatic rings. The maximum Gasteiger partial charge on any atom is 0.305 e. The van der Waals surface area contributed by atoms with Crippen molar-refractivity contribution in [2.45, 2.75) is 77.6 Å². The zero-order valence-corrected chi connectivity index (χ0v) is 18.6. The summed E-state index contributed by atoms with van der Waals surface area (Å²) < 4.78 is 4.63. The van der Waals surface area contributed by atoms with Crippen LogP contribution in [0.3, 0.4) is 0 Å². The number of methoxy groups -OCH3 is 1. The molecule has 0 spiro atoms. The first-order valence-corrected chi connectivity index (χ1v) is 10.9. The molecule has 0 aliphatic carbocycles. The van der Waals surface area contributed by atoms with Gasteiger partial charge in [0, 0.05) is 12.8 Å². The van der Waals surface area contributed by atoms with Crippen LogP contribution in [0.1, 0.15) is 77.6 Å². The van der Waals surface area contributed by atoms with Gasteiger partial charge in [-0.15, -0.1) is 0 Å². The van der Waals surface area contributed by atoms with Gasteiger partial charge in [-0.3, -0.25) is 4.79 Å². The van der Waals surface area contributed by atoms with Gasteiger partial charge in [0.25, 0.3) is 0 Å². The van der Waals surface area contributed by atoms with Crippen LogP contribution in [0, 0.1) is 11.8 Å². The summed E-state index contributed by atoms with van der Waals surface area (Å²) in [6.45, 7) is 2.17. The second-order valence-corrected chi connectivity index (χ2v) is 7.06. The van der Waals surface area contributed by atoms with Crippen molar-refractivity contribution in [3.8, 4) is 11.8 Å². The smallest absolute Gasteiger partial charge is 0.305 e. The molecule has 0 N–H and O–H groups in total. The summed E-state index contributed by atoms with van der Waals surface area (Å²) in [6.07, 6.45) is 24.1. The molecule has 0 aromatic carbocycles. The van der Waals surface area contributed by atoms with Crippen LogP contribution in [0.25, 0.3) is 0 Å². The van der Waals surface area contributed by atoms with Gasteiger partial charge in [-0.25, -0.2) is 0 Å². The molecule has 0 bridgehead atoms. The summed E-state index contributed by atoms with van der Waals surface area (Å²) in [5, 5.41) is 0. The van der Waals surface area contributed by atoms with E-state index >= 15 is 0 Å². The van der Waals surface area contributed by atoms with E-state index in [1.54, 1.807) is 0 Å². The van der Waals surface area contributed by atoms with Crippen molar-refractivity contribution in [2.24, 2.45) is 0 Å². The predicted octanol–water partition coefficient (Wildman–Crippen LogP) is 7.42. The van der Waals surface area contributed by atoms with Crippen molar-refractivity contribution in [1.29, 1.82) is 0 Å². The summed E-state index contributed by atoms with van der Waals surface area (Å²) >= 11 is 3.23. The van der Waals surface area contributed by atoms with Crippen molar-refractivity contribution >= 4 is 21.9 Å². The third-order valence-electron chi connectivity index (χ3n) is 4.07. The Morgan fingerprint density at radius 3 is 2.41 bits per heavy atom. The standard InChI is InChI=1S/C24H35BrO2/c1-23(20-16-12-8-5-6-10-14-18-22-25)19-15-11-7-3-4-9-13-17-21-24(26)27-2/h5-6,10,14,18-19,22H,3-4,7-9,12-13,16-17,20-21H2,1-2H3. The fraction of sp³-hybridized carbons (Fsp3) is 0.542. The van der Waals surface area contributed by atoms with Crippen molar-refractivity contribution in [3.05, 3.63) is 47.0 Å². The molecule has 0 aliphatic rings. The first-order chi connectivity index (χ1) is 13.2. The minimum atomic E-state index is -0.102. The van der Waals surface area contributed by atoms with Crippen molar-refractivity contribution in [3.63, 3.8) is 0 Å². The number of unbranched alkanes of at least 4 members (excludes halogenated alkanes) is 7. The number of allylic oxidation sites excluding steroid dienone is 7. The molecule has 0 saturated carbocycles. The predicted molar refractivity (Wildman–Crippen MR) is 121 cm³/mol. The lowest BCUT2D eigenvalue weighted by Gasteiger charge is -1.99. The van der Waals surface area contributed by atoms with E-state index in [4.69, 9.17) is 0 Å². The van der Waals surface area contributed by atoms with Gasteiger partial charge in [0.15, 0.2) is 0 Å². The second-order valence-electron chi connectivity index (χ2n) is 6.53. The molecule has 0 atom stereocenters. The highest BCUT2D eigenvalue weighted by Crippen LogP contribution is 2.09. The molecule has 2 nitrogen and oxygen atoms in total. The van der Waals surface area contributed by atoms with Gasteiger partial charge in [-0.2, -0.15) is 0 Å². The molecular weight excluding hydrogens is 400 g/mol. The summed E-state index contributed by atoms with van der Waals surface area (Å²) in [4.78, 5) is 12.8. The van der Waals surface area contributed by atoms with Gasteiger partial charge in [-0.05, 0) is 56.5 Å². The highest BCUT2D eigenvalue weighted by Gasteiger charge is 1.98. The topological polar surface area (TPSA) is 26.3 Å². The SMILES string of the molecule is COC(=O)CCCCCCCC#CC=C(C)CCCCC=CC=CC=CBr. The van der Waals surface area contributed by atoms with Crippen LogP contribution in [0.2, 0.25) is 0 Å². The number of halogens is 1. The van der Waals surface area contributed by atoms with E-state index in [0.717, 1.165) is 38.5 Å². The zero-order valence-electron chi connectivity index (χ0n) is 17.0. The third kappa shape index (κ3) is 20.6. The van der Waals surface area contributed by atoms with Crippen LogP contribution >= 0.6 is 15.9 Å². The minimum Gasteiger partial charge on any atom is -0.469 e. The molecule has 0 aromatic heterocycles. The summed E-state index contributed by atoms with van der Waals surface area (Å²) in [6, 6.07) is 0. The molecule has 0 heterocycles. The largest absolute Gasteiger partial charge is 0.469 e. The van der Waals surface area contributed by atoms with Crippen LogP contribution in [0.5, 0.6) is 0 Å². The molecule has 0 rings (SSSR count). The Morgan fingerprint density at radius 2 is 1.63 bits per heavy atom. The molecule has 0 saturated heterocycles. The van der Waals surface area contributed by atoms with Gasteiger partial charge in [-0.1, -0.05) is 83.0 Å². The number of carbonyl (C=O) groups is 1. The third-order valence-corrected chi connectivity index (χ3v) is 4.37. The highest BCUT2D eigenvalue weighted by molar-refractivity contribution is 9.11. The molecule has 3 heteroatoms. The van der Waals surface area contributed by atoms with Crippen LogP contribution in [-0.2, 0) is 9.53 Å². The van der Waals surface area contributed by atoms with E-state index in [1.807, 2.05) is 23.2 Å². The molecule has 0 aliphatic heterocycles. The Balaban J connectivity index is 3.58. The molecular formula is C24H35BrO2. The number of esters is 1. The molecule has 150 valence electrons. The average molecular weight is 435 g/mol. The lowest BCUT2D eigenvalue weighted by molar-refractivity contribution is -0.140. The fourth-order valence-corrected chi connectivity index (χ4v) is 2.62. The molecule has 27 heavy (non-hydrogen) atoms. The summed E-state index contributed by atoms with van der Waals surface area (Å²) in [5.74, 6) is 6.32. The normalized spacial score (nSPS) is 12.0. The van der Waals surface area contributed by atoms with E-state index in [0.29, 0.717) is 6.42 Å². The molecule has 0 amide bonds. The maximum absolute atomic E-state index is 11.0. The Hall–Kier alpha value is -1.53. The van der Waals surface area contributed by atoms with E-state index in [9.17, 15) is 4.79 Å². The van der Waals surface area contributed by atoms with Crippen LogP contribution in [0.4, 0.5) is 0 Å². The molecule has 0 radical (unpaired) electrons. The van der Waals surface area contributed by atoms with Crippen molar-refractivity contribution < 1.29 is 9.53 Å². The maximum atomic E-state index is 11.0. The zero-order chi connectivity index (χ0) is 20.0.